The van der Waals surface area contributed by atoms with E-state index in [-0.39, 0.29) is 0 Å². The molecule has 1 aliphatic rings. The monoisotopic (exact) mass is 296 g/mol. The highest BCUT2D eigenvalue weighted by atomic mass is 32.1. The molecule has 5 heteroatoms. The van der Waals surface area contributed by atoms with Gasteiger partial charge in [-0.05, 0) is 33.3 Å². The first-order chi connectivity index (χ1) is 9.67. The zero-order valence-corrected chi connectivity index (χ0v) is 13.9. The van der Waals surface area contributed by atoms with Gasteiger partial charge in [0.15, 0.2) is 0 Å². The Morgan fingerprint density at radius 2 is 1.75 bits per heavy atom. The molecule has 1 N–H and O–H groups in total. The summed E-state index contributed by atoms with van der Waals surface area (Å²) in [5.74, 6) is 0. The summed E-state index contributed by atoms with van der Waals surface area (Å²) in [6.07, 6.45) is 0. The predicted molar refractivity (Wildman–Crippen MR) is 87.4 cm³/mol. The molecule has 114 valence electrons. The standard InChI is InChI=1S/C15H28N4S/c1-16-12-14-4-5-15(20-14)13-19-10-8-18(9-11-19)7-6-17(2)3/h4-5,16H,6-13H2,1-3H3. The average Bonchev–Trinajstić information content (AvgIpc) is 2.86. The molecule has 1 saturated heterocycles. The molecule has 0 spiro atoms. The van der Waals surface area contributed by atoms with Gasteiger partial charge in [-0.3, -0.25) is 9.80 Å². The van der Waals surface area contributed by atoms with Crippen molar-refractivity contribution in [1.82, 2.24) is 20.0 Å². The lowest BCUT2D eigenvalue weighted by molar-refractivity contribution is 0.121. The Bertz CT molecular complexity index is 383. The van der Waals surface area contributed by atoms with Gasteiger partial charge in [-0.2, -0.15) is 0 Å². The summed E-state index contributed by atoms with van der Waals surface area (Å²) >= 11 is 1.94. The fourth-order valence-electron chi connectivity index (χ4n) is 2.51. The quantitative estimate of drug-likeness (QED) is 0.815. The van der Waals surface area contributed by atoms with E-state index >= 15 is 0 Å². The molecule has 20 heavy (non-hydrogen) atoms. The van der Waals surface area contributed by atoms with Gasteiger partial charge in [0.05, 0.1) is 0 Å². The summed E-state index contributed by atoms with van der Waals surface area (Å²) in [5, 5.41) is 3.22. The van der Waals surface area contributed by atoms with Gasteiger partial charge >= 0.3 is 0 Å². The van der Waals surface area contributed by atoms with Gasteiger partial charge in [0.1, 0.15) is 0 Å². The van der Waals surface area contributed by atoms with E-state index in [1.54, 1.807) is 0 Å². The fourth-order valence-corrected chi connectivity index (χ4v) is 3.58. The molecule has 0 atom stereocenters. The number of hydrogen-bond donors (Lipinski definition) is 1. The number of thiophene rings is 1. The van der Waals surface area contributed by atoms with Crippen LogP contribution in [0.15, 0.2) is 12.1 Å². The van der Waals surface area contributed by atoms with E-state index in [2.05, 4.69) is 46.2 Å². The van der Waals surface area contributed by atoms with Crippen molar-refractivity contribution in [2.24, 2.45) is 0 Å². The molecule has 0 unspecified atom stereocenters. The molecule has 0 amide bonds. The van der Waals surface area contributed by atoms with E-state index in [0.29, 0.717) is 0 Å². The summed E-state index contributed by atoms with van der Waals surface area (Å²) in [7, 11) is 6.30. The minimum absolute atomic E-state index is 0.989. The fraction of sp³-hybridized carbons (Fsp3) is 0.733. The number of nitrogens with zero attached hydrogens (tertiary/aromatic N) is 3. The maximum Gasteiger partial charge on any atom is 0.0329 e. The maximum absolute atomic E-state index is 3.22. The smallest absolute Gasteiger partial charge is 0.0329 e. The zero-order chi connectivity index (χ0) is 14.4. The van der Waals surface area contributed by atoms with E-state index in [1.165, 1.54) is 42.5 Å². The third-order valence-electron chi connectivity index (χ3n) is 3.78. The van der Waals surface area contributed by atoms with E-state index in [0.717, 1.165) is 19.6 Å². The second-order valence-corrected chi connectivity index (χ2v) is 7.07. The Hall–Kier alpha value is -0.460. The number of piperazine rings is 1. The van der Waals surface area contributed by atoms with E-state index in [1.807, 2.05) is 18.4 Å². The molecule has 0 aromatic carbocycles. The van der Waals surface area contributed by atoms with Crippen LogP contribution < -0.4 is 5.32 Å². The largest absolute Gasteiger partial charge is 0.315 e. The molecule has 0 saturated carbocycles. The Labute approximate surface area is 127 Å². The summed E-state index contributed by atoms with van der Waals surface area (Å²) in [6.45, 7) is 9.30. The van der Waals surface area contributed by atoms with Crippen LogP contribution in [0.2, 0.25) is 0 Å². The van der Waals surface area contributed by atoms with Crippen LogP contribution in [-0.4, -0.2) is 75.1 Å². The number of likely N-dealkylation sites (N-methyl/N-ethyl adjacent to an activating group) is 1. The normalized spacial score (nSPS) is 18.0. The first-order valence-corrected chi connectivity index (χ1v) is 8.30. The van der Waals surface area contributed by atoms with Gasteiger partial charge < -0.3 is 10.2 Å². The number of hydrogen-bond acceptors (Lipinski definition) is 5. The second kappa shape index (κ2) is 8.10. The molecule has 0 radical (unpaired) electrons. The van der Waals surface area contributed by atoms with Crippen molar-refractivity contribution >= 4 is 11.3 Å². The molecule has 1 fully saturated rings. The summed E-state index contributed by atoms with van der Waals surface area (Å²) in [5.41, 5.74) is 0. The lowest BCUT2D eigenvalue weighted by Gasteiger charge is -2.34. The van der Waals surface area contributed by atoms with Crippen LogP contribution in [0.5, 0.6) is 0 Å². The van der Waals surface area contributed by atoms with Crippen molar-refractivity contribution < 1.29 is 0 Å². The van der Waals surface area contributed by atoms with Crippen LogP contribution in [-0.2, 0) is 13.1 Å². The van der Waals surface area contributed by atoms with Crippen molar-refractivity contribution in [3.8, 4) is 0 Å². The third-order valence-corrected chi connectivity index (χ3v) is 4.85. The predicted octanol–water partition coefficient (Wildman–Crippen LogP) is 1.15. The molecule has 1 aliphatic heterocycles. The summed E-state index contributed by atoms with van der Waals surface area (Å²) in [6, 6.07) is 4.54. The first-order valence-electron chi connectivity index (χ1n) is 7.49. The lowest BCUT2D eigenvalue weighted by atomic mass is 10.3. The molecule has 2 heterocycles. The van der Waals surface area contributed by atoms with Gasteiger partial charge in [0, 0.05) is 62.1 Å². The molecule has 1 aromatic rings. The van der Waals surface area contributed by atoms with Gasteiger partial charge in [-0.1, -0.05) is 0 Å². The Morgan fingerprint density at radius 1 is 1.10 bits per heavy atom. The minimum Gasteiger partial charge on any atom is -0.315 e. The van der Waals surface area contributed by atoms with E-state index in [9.17, 15) is 0 Å². The Morgan fingerprint density at radius 3 is 2.40 bits per heavy atom. The van der Waals surface area contributed by atoms with Gasteiger partial charge in [0.2, 0.25) is 0 Å². The second-order valence-electron chi connectivity index (χ2n) is 5.82. The zero-order valence-electron chi connectivity index (χ0n) is 13.1. The van der Waals surface area contributed by atoms with Crippen LogP contribution in [0.3, 0.4) is 0 Å². The van der Waals surface area contributed by atoms with Crippen LogP contribution in [0.4, 0.5) is 0 Å². The lowest BCUT2D eigenvalue weighted by Crippen LogP contribution is -2.47. The Kier molecular flexibility index (Phi) is 6.45. The van der Waals surface area contributed by atoms with Crippen LogP contribution in [0.25, 0.3) is 0 Å². The topological polar surface area (TPSA) is 21.8 Å². The van der Waals surface area contributed by atoms with Crippen LogP contribution in [0.1, 0.15) is 9.75 Å². The minimum atomic E-state index is 0.989. The molecular formula is C15H28N4S. The van der Waals surface area contributed by atoms with Gasteiger partial charge in [-0.15, -0.1) is 11.3 Å². The first kappa shape index (κ1) is 15.9. The highest BCUT2D eigenvalue weighted by Crippen LogP contribution is 2.18. The summed E-state index contributed by atoms with van der Waals surface area (Å²) < 4.78 is 0. The molecule has 4 nitrogen and oxygen atoms in total. The van der Waals surface area contributed by atoms with Crippen LogP contribution in [0, 0.1) is 0 Å². The van der Waals surface area contributed by atoms with E-state index in [4.69, 9.17) is 0 Å². The molecule has 2 rings (SSSR count). The van der Waals surface area contributed by atoms with Gasteiger partial charge in [-0.25, -0.2) is 0 Å². The Balaban J connectivity index is 1.70. The highest BCUT2D eigenvalue weighted by Gasteiger charge is 2.17. The highest BCUT2D eigenvalue weighted by molar-refractivity contribution is 7.11. The van der Waals surface area contributed by atoms with Gasteiger partial charge in [0.25, 0.3) is 0 Å². The number of rotatable bonds is 7. The van der Waals surface area contributed by atoms with Crippen molar-refractivity contribution in [3.05, 3.63) is 21.9 Å². The van der Waals surface area contributed by atoms with Crippen molar-refractivity contribution in [2.75, 3.05) is 60.4 Å². The van der Waals surface area contributed by atoms with E-state index < -0.39 is 0 Å². The SMILES string of the molecule is CNCc1ccc(CN2CCN(CCN(C)C)CC2)s1. The average molecular weight is 296 g/mol. The molecular weight excluding hydrogens is 268 g/mol. The van der Waals surface area contributed by atoms with Crippen LogP contribution >= 0.6 is 11.3 Å². The molecule has 0 aliphatic carbocycles. The number of nitrogens with one attached hydrogen (secondary N) is 1. The van der Waals surface area contributed by atoms with Crippen molar-refractivity contribution in [3.63, 3.8) is 0 Å². The maximum atomic E-state index is 3.22. The summed E-state index contributed by atoms with van der Waals surface area (Å²) in [4.78, 5) is 10.4. The molecule has 0 bridgehead atoms. The van der Waals surface area contributed by atoms with Crippen molar-refractivity contribution in [2.45, 2.75) is 13.1 Å². The molecule has 1 aromatic heterocycles. The van der Waals surface area contributed by atoms with Crippen molar-refractivity contribution in [1.29, 1.82) is 0 Å². The third kappa shape index (κ3) is 5.14.